The Labute approximate surface area is 223 Å². The number of nitrogens with zero attached hydrogens (tertiary/aromatic N) is 3. The summed E-state index contributed by atoms with van der Waals surface area (Å²) in [7, 11) is 7.19. The number of fused-ring (bicyclic) bond motifs is 1. The predicted octanol–water partition coefficient (Wildman–Crippen LogP) is 5.36. The molecule has 0 aliphatic carbocycles. The molecule has 0 saturated carbocycles. The molecule has 1 heterocycles. The summed E-state index contributed by atoms with van der Waals surface area (Å²) in [5, 5.41) is 11.8. The highest BCUT2D eigenvalue weighted by atomic mass is 16.5. The number of aromatic nitrogens is 1. The molecular formula is C30H34N4O4. The number of amides is 1. The van der Waals surface area contributed by atoms with Crippen LogP contribution in [0, 0.1) is 0 Å². The highest BCUT2D eigenvalue weighted by molar-refractivity contribution is 6.22. The van der Waals surface area contributed by atoms with Crippen molar-refractivity contribution in [2.24, 2.45) is 4.99 Å². The van der Waals surface area contributed by atoms with E-state index in [4.69, 9.17) is 14.5 Å². The maximum Gasteiger partial charge on any atom is 0.223 e. The van der Waals surface area contributed by atoms with Crippen molar-refractivity contribution in [3.05, 3.63) is 77.9 Å². The van der Waals surface area contributed by atoms with Crippen LogP contribution < -0.4 is 14.4 Å². The number of hydrogen-bond acceptors (Lipinski definition) is 6. The van der Waals surface area contributed by atoms with E-state index < -0.39 is 0 Å². The first-order valence-corrected chi connectivity index (χ1v) is 12.5. The van der Waals surface area contributed by atoms with Gasteiger partial charge in [0.05, 0.1) is 36.7 Å². The standard InChI is InChI=1S/C30H34N4O4/c1-20(35)34(17-9-16-33(2)3)23-14-12-22(13-15-23)31-29(21-10-7-6-8-11-21)28-24-18-26(37-4)27(38-5)19-25(24)32-30(28)36/h6-8,10-15,18-19,32,36H,9,16-17H2,1-5H3. The van der Waals surface area contributed by atoms with Gasteiger partial charge in [0.15, 0.2) is 17.4 Å². The maximum atomic E-state index is 12.3. The van der Waals surface area contributed by atoms with Gasteiger partial charge in [0.1, 0.15) is 0 Å². The molecule has 0 saturated heterocycles. The van der Waals surface area contributed by atoms with Crippen molar-refractivity contribution in [2.45, 2.75) is 13.3 Å². The highest BCUT2D eigenvalue weighted by Crippen LogP contribution is 2.38. The van der Waals surface area contributed by atoms with Crippen molar-refractivity contribution < 1.29 is 19.4 Å². The molecule has 0 spiro atoms. The third-order valence-electron chi connectivity index (χ3n) is 6.34. The molecule has 198 valence electrons. The topological polar surface area (TPSA) is 90.4 Å². The molecule has 8 nitrogen and oxygen atoms in total. The Hall–Kier alpha value is -4.30. The van der Waals surface area contributed by atoms with Gasteiger partial charge in [-0.05, 0) is 57.4 Å². The smallest absolute Gasteiger partial charge is 0.223 e. The quantitative estimate of drug-likeness (QED) is 0.278. The number of ether oxygens (including phenoxy) is 2. The lowest BCUT2D eigenvalue weighted by Gasteiger charge is -2.22. The first kappa shape index (κ1) is 26.8. The molecule has 3 aromatic carbocycles. The molecule has 0 aliphatic rings. The molecule has 4 aromatic rings. The van der Waals surface area contributed by atoms with Crippen molar-refractivity contribution in [3.63, 3.8) is 0 Å². The van der Waals surface area contributed by atoms with Crippen LogP contribution in [-0.4, -0.2) is 68.0 Å². The van der Waals surface area contributed by atoms with E-state index in [1.807, 2.05) is 74.8 Å². The molecule has 0 atom stereocenters. The van der Waals surface area contributed by atoms with E-state index in [1.54, 1.807) is 32.1 Å². The predicted molar refractivity (Wildman–Crippen MR) is 152 cm³/mol. The fourth-order valence-corrected chi connectivity index (χ4v) is 4.46. The molecular weight excluding hydrogens is 480 g/mol. The van der Waals surface area contributed by atoms with Crippen LogP contribution in [0.3, 0.4) is 0 Å². The number of methoxy groups -OCH3 is 2. The summed E-state index contributed by atoms with van der Waals surface area (Å²) in [6, 6.07) is 20.9. The Kier molecular flexibility index (Phi) is 8.33. The second-order valence-corrected chi connectivity index (χ2v) is 9.27. The second kappa shape index (κ2) is 11.8. The summed E-state index contributed by atoms with van der Waals surface area (Å²) < 4.78 is 10.9. The number of carbonyl (C=O) groups excluding carboxylic acids is 1. The van der Waals surface area contributed by atoms with E-state index in [9.17, 15) is 9.90 Å². The Morgan fingerprint density at radius 3 is 2.21 bits per heavy atom. The molecule has 0 radical (unpaired) electrons. The van der Waals surface area contributed by atoms with Crippen LogP contribution >= 0.6 is 0 Å². The highest BCUT2D eigenvalue weighted by Gasteiger charge is 2.21. The number of benzene rings is 3. The minimum atomic E-state index is -0.00178. The minimum Gasteiger partial charge on any atom is -0.494 e. The number of anilines is 1. The van der Waals surface area contributed by atoms with E-state index in [-0.39, 0.29) is 11.8 Å². The van der Waals surface area contributed by atoms with E-state index >= 15 is 0 Å². The third-order valence-corrected chi connectivity index (χ3v) is 6.34. The lowest BCUT2D eigenvalue weighted by Crippen LogP contribution is -2.31. The first-order valence-electron chi connectivity index (χ1n) is 12.5. The van der Waals surface area contributed by atoms with E-state index in [0.29, 0.717) is 40.5 Å². The zero-order chi connectivity index (χ0) is 27.2. The lowest BCUT2D eigenvalue weighted by molar-refractivity contribution is -0.116. The van der Waals surface area contributed by atoms with Gasteiger partial charge in [-0.1, -0.05) is 30.3 Å². The van der Waals surface area contributed by atoms with E-state index in [2.05, 4.69) is 9.88 Å². The zero-order valence-corrected chi connectivity index (χ0v) is 22.5. The minimum absolute atomic E-state index is 0.00169. The van der Waals surface area contributed by atoms with E-state index in [1.165, 1.54) is 0 Å². The molecule has 38 heavy (non-hydrogen) atoms. The number of aliphatic imine (C=N–C) groups is 1. The number of hydrogen-bond donors (Lipinski definition) is 2. The van der Waals surface area contributed by atoms with Gasteiger partial charge >= 0.3 is 0 Å². The zero-order valence-electron chi connectivity index (χ0n) is 22.5. The van der Waals surface area contributed by atoms with Crippen molar-refractivity contribution in [1.82, 2.24) is 9.88 Å². The average Bonchev–Trinajstić information content (AvgIpc) is 3.23. The third kappa shape index (κ3) is 5.81. The van der Waals surface area contributed by atoms with Crippen LogP contribution in [0.25, 0.3) is 10.9 Å². The van der Waals surface area contributed by atoms with Crippen LogP contribution in [0.2, 0.25) is 0 Å². The van der Waals surface area contributed by atoms with E-state index in [0.717, 1.165) is 29.6 Å². The summed E-state index contributed by atoms with van der Waals surface area (Å²) in [6.45, 7) is 3.12. The van der Waals surface area contributed by atoms with Gasteiger partial charge in [-0.25, -0.2) is 4.99 Å². The Balaban J connectivity index is 1.77. The number of H-pyrrole nitrogens is 1. The molecule has 0 unspecified atom stereocenters. The van der Waals surface area contributed by atoms with Gasteiger partial charge in [0, 0.05) is 36.2 Å². The number of aromatic amines is 1. The molecule has 4 rings (SSSR count). The number of carbonyl (C=O) groups is 1. The van der Waals surface area contributed by atoms with Gasteiger partial charge < -0.3 is 29.4 Å². The molecule has 2 N–H and O–H groups in total. The average molecular weight is 515 g/mol. The van der Waals surface area contributed by atoms with Crippen molar-refractivity contribution in [3.8, 4) is 17.4 Å². The van der Waals surface area contributed by atoms with Crippen molar-refractivity contribution >= 4 is 33.9 Å². The van der Waals surface area contributed by atoms with Gasteiger partial charge in [0.25, 0.3) is 0 Å². The summed E-state index contributed by atoms with van der Waals surface area (Å²) in [5.74, 6) is 1.11. The molecule has 0 aliphatic heterocycles. The monoisotopic (exact) mass is 514 g/mol. The maximum absolute atomic E-state index is 12.3. The van der Waals surface area contributed by atoms with Crippen LogP contribution in [0.4, 0.5) is 11.4 Å². The summed E-state index contributed by atoms with van der Waals surface area (Å²) in [4.78, 5) is 24.2. The molecule has 1 aromatic heterocycles. The molecule has 8 heteroatoms. The van der Waals surface area contributed by atoms with Gasteiger partial charge in [-0.2, -0.15) is 0 Å². The SMILES string of the molecule is COc1cc2[nH]c(O)c(C(=Nc3ccc(N(CCCN(C)C)C(C)=O)cc3)c3ccccc3)c2cc1OC. The van der Waals surface area contributed by atoms with Gasteiger partial charge in [-0.3, -0.25) is 4.79 Å². The summed E-state index contributed by atoms with van der Waals surface area (Å²) in [5.41, 5.74) is 4.22. The van der Waals surface area contributed by atoms with Crippen LogP contribution in [0.1, 0.15) is 24.5 Å². The van der Waals surface area contributed by atoms with Crippen LogP contribution in [-0.2, 0) is 4.79 Å². The Morgan fingerprint density at radius 1 is 0.947 bits per heavy atom. The molecule has 1 amide bonds. The summed E-state index contributed by atoms with van der Waals surface area (Å²) >= 11 is 0. The lowest BCUT2D eigenvalue weighted by atomic mass is 10.0. The number of rotatable bonds is 10. The van der Waals surface area contributed by atoms with Crippen LogP contribution in [0.5, 0.6) is 17.4 Å². The molecule has 0 bridgehead atoms. The fraction of sp³-hybridized carbons (Fsp3) is 0.267. The van der Waals surface area contributed by atoms with Crippen LogP contribution in [0.15, 0.2) is 71.7 Å². The normalized spacial score (nSPS) is 11.7. The number of nitrogens with one attached hydrogen (secondary N) is 1. The number of aromatic hydroxyl groups is 1. The second-order valence-electron chi connectivity index (χ2n) is 9.27. The van der Waals surface area contributed by atoms with Gasteiger partial charge in [-0.15, -0.1) is 0 Å². The Morgan fingerprint density at radius 2 is 1.61 bits per heavy atom. The fourth-order valence-electron chi connectivity index (χ4n) is 4.46. The van der Waals surface area contributed by atoms with Gasteiger partial charge in [0.2, 0.25) is 5.91 Å². The Bertz CT molecular complexity index is 1430. The summed E-state index contributed by atoms with van der Waals surface area (Å²) in [6.07, 6.45) is 0.874. The first-order chi connectivity index (χ1) is 18.3. The van der Waals surface area contributed by atoms with Crippen molar-refractivity contribution in [1.29, 1.82) is 0 Å². The molecule has 0 fully saturated rings. The van der Waals surface area contributed by atoms with Crippen molar-refractivity contribution in [2.75, 3.05) is 46.3 Å². The largest absolute Gasteiger partial charge is 0.494 e.